The minimum absolute atomic E-state index is 0. The number of nitrogens with one attached hydrogen (secondary N) is 2. The molecule has 0 aliphatic carbocycles. The number of halogens is 1. The Morgan fingerprint density at radius 1 is 1.42 bits per heavy atom. The third kappa shape index (κ3) is 6.19. The summed E-state index contributed by atoms with van der Waals surface area (Å²) in [6.07, 6.45) is 1.68. The van der Waals surface area contributed by atoms with Gasteiger partial charge in [-0.25, -0.2) is 0 Å². The van der Waals surface area contributed by atoms with Gasteiger partial charge in [-0.1, -0.05) is 19.4 Å². The Kier molecular flexibility index (Phi) is 9.52. The number of rotatable bonds is 8. The van der Waals surface area contributed by atoms with Crippen molar-refractivity contribution < 1.29 is 19.0 Å². The number of carbonyl (C=O) groups is 1. The third-order valence-electron chi connectivity index (χ3n) is 3.67. The molecule has 136 valence electrons. The van der Waals surface area contributed by atoms with Gasteiger partial charge in [0.15, 0.2) is 11.5 Å². The predicted octanol–water partition coefficient (Wildman–Crippen LogP) is 1.90. The summed E-state index contributed by atoms with van der Waals surface area (Å²) in [6, 6.07) is 5.71. The zero-order valence-corrected chi connectivity index (χ0v) is 15.1. The quantitative estimate of drug-likeness (QED) is 0.695. The number of morpholine rings is 1. The number of benzene rings is 1. The third-order valence-corrected chi connectivity index (χ3v) is 3.67. The molecule has 0 aromatic heterocycles. The van der Waals surface area contributed by atoms with Gasteiger partial charge >= 0.3 is 0 Å². The first-order chi connectivity index (χ1) is 11.2. The molecule has 1 fully saturated rings. The van der Waals surface area contributed by atoms with Gasteiger partial charge in [0.05, 0.1) is 20.3 Å². The average molecular weight is 359 g/mol. The Hall–Kier alpha value is -1.50. The molecular formula is C17H27ClN2O4. The van der Waals surface area contributed by atoms with Crippen LogP contribution in [0.4, 0.5) is 0 Å². The normalized spacial score (nSPS) is 16.8. The fourth-order valence-electron chi connectivity index (χ4n) is 2.30. The van der Waals surface area contributed by atoms with Gasteiger partial charge in [0, 0.05) is 19.6 Å². The lowest BCUT2D eigenvalue weighted by Gasteiger charge is -2.22. The summed E-state index contributed by atoms with van der Waals surface area (Å²) in [7, 11) is 1.62. The van der Waals surface area contributed by atoms with E-state index in [2.05, 4.69) is 17.6 Å². The van der Waals surface area contributed by atoms with Crippen LogP contribution in [0.2, 0.25) is 0 Å². The molecule has 0 radical (unpaired) electrons. The van der Waals surface area contributed by atoms with Crippen molar-refractivity contribution >= 4 is 18.3 Å². The van der Waals surface area contributed by atoms with E-state index in [1.54, 1.807) is 7.11 Å². The van der Waals surface area contributed by atoms with Crippen LogP contribution in [0.5, 0.6) is 11.5 Å². The van der Waals surface area contributed by atoms with Crippen molar-refractivity contribution in [3.8, 4) is 11.5 Å². The lowest BCUT2D eigenvalue weighted by atomic mass is 10.2. The number of hydrogen-bond donors (Lipinski definition) is 2. The van der Waals surface area contributed by atoms with Gasteiger partial charge in [-0.3, -0.25) is 4.79 Å². The number of ether oxygens (including phenoxy) is 3. The lowest BCUT2D eigenvalue weighted by Crippen LogP contribution is -2.47. The molecule has 24 heavy (non-hydrogen) atoms. The van der Waals surface area contributed by atoms with Crippen molar-refractivity contribution in [2.45, 2.75) is 32.4 Å². The van der Waals surface area contributed by atoms with Crippen LogP contribution >= 0.6 is 12.4 Å². The van der Waals surface area contributed by atoms with Crippen molar-refractivity contribution in [3.63, 3.8) is 0 Å². The standard InChI is InChI=1S/C17H26N2O4.ClH/c1-3-4-8-22-14-6-5-13(10-15(14)21-2)11-19-17(20)16-12-18-7-9-23-16;/h5-6,10,16,18H,3-4,7-9,11-12H2,1-2H3,(H,19,20);1H. The average Bonchev–Trinajstić information content (AvgIpc) is 2.61. The molecule has 1 aromatic rings. The molecule has 0 bridgehead atoms. The second-order valence-corrected chi connectivity index (χ2v) is 5.47. The van der Waals surface area contributed by atoms with E-state index in [0.29, 0.717) is 32.1 Å². The fraction of sp³-hybridized carbons (Fsp3) is 0.588. The summed E-state index contributed by atoms with van der Waals surface area (Å²) in [5.74, 6) is 1.32. The first-order valence-corrected chi connectivity index (χ1v) is 8.14. The van der Waals surface area contributed by atoms with Gasteiger partial charge < -0.3 is 24.8 Å². The van der Waals surface area contributed by atoms with Crippen molar-refractivity contribution in [2.24, 2.45) is 0 Å². The number of unbranched alkanes of at least 4 members (excludes halogenated alkanes) is 1. The highest BCUT2D eigenvalue weighted by Crippen LogP contribution is 2.28. The molecular weight excluding hydrogens is 332 g/mol. The molecule has 1 aliphatic rings. The molecule has 1 saturated heterocycles. The smallest absolute Gasteiger partial charge is 0.250 e. The number of amides is 1. The Balaban J connectivity index is 0.00000288. The first kappa shape index (κ1) is 20.5. The molecule has 1 heterocycles. The highest BCUT2D eigenvalue weighted by molar-refractivity contribution is 5.85. The van der Waals surface area contributed by atoms with Crippen molar-refractivity contribution in [1.29, 1.82) is 0 Å². The second-order valence-electron chi connectivity index (χ2n) is 5.47. The van der Waals surface area contributed by atoms with E-state index in [1.165, 1.54) is 0 Å². The zero-order valence-electron chi connectivity index (χ0n) is 14.3. The van der Waals surface area contributed by atoms with Crippen LogP contribution in [-0.4, -0.2) is 45.4 Å². The zero-order chi connectivity index (χ0) is 16.5. The van der Waals surface area contributed by atoms with Crippen LogP contribution in [-0.2, 0) is 16.1 Å². The van der Waals surface area contributed by atoms with Gasteiger partial charge in [-0.2, -0.15) is 0 Å². The molecule has 1 amide bonds. The highest BCUT2D eigenvalue weighted by Gasteiger charge is 2.21. The maximum absolute atomic E-state index is 12.0. The van der Waals surface area contributed by atoms with E-state index in [-0.39, 0.29) is 18.3 Å². The van der Waals surface area contributed by atoms with Crippen molar-refractivity contribution in [3.05, 3.63) is 23.8 Å². The second kappa shape index (κ2) is 11.1. The van der Waals surface area contributed by atoms with E-state index >= 15 is 0 Å². The Morgan fingerprint density at radius 3 is 2.92 bits per heavy atom. The number of methoxy groups -OCH3 is 1. The van der Waals surface area contributed by atoms with Crippen LogP contribution in [0.15, 0.2) is 18.2 Å². The van der Waals surface area contributed by atoms with Gasteiger partial charge in [0.1, 0.15) is 6.10 Å². The first-order valence-electron chi connectivity index (χ1n) is 8.14. The maximum Gasteiger partial charge on any atom is 0.250 e. The van der Waals surface area contributed by atoms with Crippen molar-refractivity contribution in [2.75, 3.05) is 33.4 Å². The molecule has 1 unspecified atom stereocenters. The monoisotopic (exact) mass is 358 g/mol. The minimum Gasteiger partial charge on any atom is -0.493 e. The van der Waals surface area contributed by atoms with Gasteiger partial charge in [0.2, 0.25) is 0 Å². The van der Waals surface area contributed by atoms with Gasteiger partial charge in [0.25, 0.3) is 5.91 Å². The summed E-state index contributed by atoms with van der Waals surface area (Å²) in [5.41, 5.74) is 0.960. The Bertz CT molecular complexity index is 507. The van der Waals surface area contributed by atoms with Crippen LogP contribution in [0.1, 0.15) is 25.3 Å². The molecule has 0 spiro atoms. The largest absolute Gasteiger partial charge is 0.493 e. The number of carbonyl (C=O) groups excluding carboxylic acids is 1. The molecule has 7 heteroatoms. The van der Waals surface area contributed by atoms with E-state index in [1.807, 2.05) is 18.2 Å². The maximum atomic E-state index is 12.0. The molecule has 6 nitrogen and oxygen atoms in total. The molecule has 2 N–H and O–H groups in total. The SMILES string of the molecule is CCCCOc1ccc(CNC(=O)C2CNCCO2)cc1OC.Cl. The molecule has 1 atom stereocenters. The summed E-state index contributed by atoms with van der Waals surface area (Å²) in [6.45, 7) is 5.15. The van der Waals surface area contributed by atoms with Crippen molar-refractivity contribution in [1.82, 2.24) is 10.6 Å². The fourth-order valence-corrected chi connectivity index (χ4v) is 2.30. The predicted molar refractivity (Wildman–Crippen MR) is 95.1 cm³/mol. The molecule has 1 aliphatic heterocycles. The number of hydrogen-bond acceptors (Lipinski definition) is 5. The Labute approximate surface area is 149 Å². The van der Waals surface area contributed by atoms with Crippen LogP contribution in [0.25, 0.3) is 0 Å². The van der Waals surface area contributed by atoms with Gasteiger partial charge in [-0.15, -0.1) is 12.4 Å². The summed E-state index contributed by atoms with van der Waals surface area (Å²) >= 11 is 0. The Morgan fingerprint density at radius 2 is 2.25 bits per heavy atom. The highest BCUT2D eigenvalue weighted by atomic mass is 35.5. The van der Waals surface area contributed by atoms with Crippen LogP contribution in [0.3, 0.4) is 0 Å². The minimum atomic E-state index is -0.415. The lowest BCUT2D eigenvalue weighted by molar-refractivity contribution is -0.134. The van der Waals surface area contributed by atoms with E-state index in [4.69, 9.17) is 14.2 Å². The summed E-state index contributed by atoms with van der Waals surface area (Å²) in [5, 5.41) is 6.03. The van der Waals surface area contributed by atoms with E-state index in [9.17, 15) is 4.79 Å². The summed E-state index contributed by atoms with van der Waals surface area (Å²) < 4.78 is 16.5. The van der Waals surface area contributed by atoms with Crippen LogP contribution in [0, 0.1) is 0 Å². The molecule has 1 aromatic carbocycles. The topological polar surface area (TPSA) is 68.8 Å². The summed E-state index contributed by atoms with van der Waals surface area (Å²) in [4.78, 5) is 12.0. The molecule has 2 rings (SSSR count). The van der Waals surface area contributed by atoms with E-state index in [0.717, 1.165) is 30.7 Å². The molecule has 0 saturated carbocycles. The van der Waals surface area contributed by atoms with Gasteiger partial charge in [-0.05, 0) is 24.1 Å². The van der Waals surface area contributed by atoms with Crippen LogP contribution < -0.4 is 20.1 Å². The van der Waals surface area contributed by atoms with E-state index < -0.39 is 6.10 Å².